The van der Waals surface area contributed by atoms with E-state index < -0.39 is 34.4 Å². The maximum atomic E-state index is 12.4. The Labute approximate surface area is 114 Å². The molecule has 104 valence electrons. The number of carbonyl (C=O) groups is 2. The molecule has 0 radical (unpaired) electrons. The van der Waals surface area contributed by atoms with Crippen LogP contribution in [0.3, 0.4) is 0 Å². The van der Waals surface area contributed by atoms with E-state index in [9.17, 15) is 18.0 Å². The zero-order chi connectivity index (χ0) is 14.4. The van der Waals surface area contributed by atoms with Crippen molar-refractivity contribution in [2.24, 2.45) is 7.05 Å². The van der Waals surface area contributed by atoms with Gasteiger partial charge in [-0.3, -0.25) is 19.6 Å². The van der Waals surface area contributed by atoms with Gasteiger partial charge in [-0.1, -0.05) is 11.6 Å². The molecule has 1 saturated heterocycles. The number of sulfonamides is 1. The third-order valence-corrected chi connectivity index (χ3v) is 5.19. The molecule has 1 fully saturated rings. The summed E-state index contributed by atoms with van der Waals surface area (Å²) in [5, 5.41) is 5.49. The van der Waals surface area contributed by atoms with Crippen molar-refractivity contribution in [1.29, 1.82) is 0 Å². The van der Waals surface area contributed by atoms with Crippen LogP contribution in [0.5, 0.6) is 0 Å². The highest BCUT2D eigenvalue weighted by Crippen LogP contribution is 2.25. The van der Waals surface area contributed by atoms with Crippen LogP contribution in [0.15, 0.2) is 11.2 Å². The number of aromatic nitrogens is 2. The molecule has 8 nitrogen and oxygen atoms in total. The van der Waals surface area contributed by atoms with Crippen LogP contribution in [0.2, 0.25) is 5.02 Å². The predicted molar refractivity (Wildman–Crippen MR) is 64.7 cm³/mol. The van der Waals surface area contributed by atoms with E-state index in [0.717, 1.165) is 8.99 Å². The lowest BCUT2D eigenvalue weighted by Crippen LogP contribution is -2.58. The van der Waals surface area contributed by atoms with Crippen LogP contribution in [0.4, 0.5) is 0 Å². The first-order valence-corrected chi connectivity index (χ1v) is 7.10. The molecule has 1 aromatic heterocycles. The van der Waals surface area contributed by atoms with Crippen LogP contribution in [0.25, 0.3) is 0 Å². The zero-order valence-electron chi connectivity index (χ0n) is 10.1. The van der Waals surface area contributed by atoms with Gasteiger partial charge in [0.25, 0.3) is 10.0 Å². The molecule has 1 aliphatic heterocycles. The Morgan fingerprint density at radius 3 is 2.63 bits per heavy atom. The van der Waals surface area contributed by atoms with E-state index in [-0.39, 0.29) is 10.0 Å². The second kappa shape index (κ2) is 4.58. The standard InChI is InChI=1S/C9H11ClN4O4S/c1-5-8(16)12-7(15)4-14(5)19(17,18)9-6(10)3-11-13(9)2/h3,5H,4H2,1-2H3,(H,12,15,16). The Bertz CT molecular complexity index is 634. The highest BCUT2D eigenvalue weighted by Gasteiger charge is 2.41. The minimum absolute atomic E-state index is 0.0619. The highest BCUT2D eigenvalue weighted by molar-refractivity contribution is 7.89. The molecule has 2 amide bonds. The van der Waals surface area contributed by atoms with Crippen molar-refractivity contribution in [2.45, 2.75) is 18.0 Å². The van der Waals surface area contributed by atoms with E-state index in [1.165, 1.54) is 20.2 Å². The van der Waals surface area contributed by atoms with E-state index in [1.54, 1.807) is 0 Å². The number of piperazine rings is 1. The number of halogens is 1. The third kappa shape index (κ3) is 2.24. The number of rotatable bonds is 2. The summed E-state index contributed by atoms with van der Waals surface area (Å²) >= 11 is 5.79. The number of nitrogens with zero attached hydrogens (tertiary/aromatic N) is 3. The van der Waals surface area contributed by atoms with Gasteiger partial charge in [-0.05, 0) is 6.92 Å². The fourth-order valence-corrected chi connectivity index (χ4v) is 3.94. The first-order valence-electron chi connectivity index (χ1n) is 5.28. The van der Waals surface area contributed by atoms with Gasteiger partial charge < -0.3 is 0 Å². The average molecular weight is 307 g/mol. The summed E-state index contributed by atoms with van der Waals surface area (Å²) in [6, 6.07) is -0.992. The van der Waals surface area contributed by atoms with Gasteiger partial charge in [0.1, 0.15) is 6.04 Å². The quantitative estimate of drug-likeness (QED) is 0.714. The largest absolute Gasteiger partial charge is 0.294 e. The molecule has 19 heavy (non-hydrogen) atoms. The number of nitrogens with one attached hydrogen (secondary N) is 1. The van der Waals surface area contributed by atoms with Crippen LogP contribution < -0.4 is 5.32 Å². The third-order valence-electron chi connectivity index (χ3n) is 2.77. The normalized spacial score (nSPS) is 21.5. The van der Waals surface area contributed by atoms with Crippen LogP contribution in [0.1, 0.15) is 6.92 Å². The highest BCUT2D eigenvalue weighted by atomic mass is 35.5. The molecular weight excluding hydrogens is 296 g/mol. The van der Waals surface area contributed by atoms with E-state index in [1.807, 2.05) is 0 Å². The number of hydrogen-bond donors (Lipinski definition) is 1. The summed E-state index contributed by atoms with van der Waals surface area (Å²) in [7, 11) is -2.66. The molecular formula is C9H11ClN4O4S. The van der Waals surface area contributed by atoms with Crippen LogP contribution in [-0.4, -0.2) is 46.9 Å². The van der Waals surface area contributed by atoms with Crippen LogP contribution in [0, 0.1) is 0 Å². The first-order chi connectivity index (χ1) is 8.75. The molecule has 0 aromatic carbocycles. The molecule has 2 rings (SSSR count). The summed E-state index contributed by atoms with van der Waals surface area (Å²) in [5.41, 5.74) is 0. The van der Waals surface area contributed by atoms with Gasteiger partial charge in [-0.15, -0.1) is 0 Å². The molecule has 1 N–H and O–H groups in total. The van der Waals surface area contributed by atoms with Crippen LogP contribution >= 0.6 is 11.6 Å². The summed E-state index contributed by atoms with van der Waals surface area (Å²) in [6.45, 7) is 0.959. The number of amides is 2. The van der Waals surface area contributed by atoms with Crippen molar-refractivity contribution in [3.05, 3.63) is 11.2 Å². The number of aryl methyl sites for hydroxylation is 1. The summed E-state index contributed by atoms with van der Waals surface area (Å²) in [6.07, 6.45) is 1.19. The molecule has 0 bridgehead atoms. The second-order valence-corrected chi connectivity index (χ2v) is 6.27. The molecule has 1 atom stereocenters. The topological polar surface area (TPSA) is 101 Å². The minimum atomic E-state index is -4.07. The molecule has 1 unspecified atom stereocenters. The maximum Gasteiger partial charge on any atom is 0.262 e. The van der Waals surface area contributed by atoms with Gasteiger partial charge in [0.15, 0.2) is 5.03 Å². The van der Waals surface area contributed by atoms with Gasteiger partial charge in [0.2, 0.25) is 11.8 Å². The number of imide groups is 1. The maximum absolute atomic E-state index is 12.4. The first kappa shape index (κ1) is 14.0. The van der Waals surface area contributed by atoms with E-state index >= 15 is 0 Å². The lowest BCUT2D eigenvalue weighted by molar-refractivity contribution is -0.136. The SMILES string of the molecule is CC1C(=O)NC(=O)CN1S(=O)(=O)c1c(Cl)cnn1C. The van der Waals surface area contributed by atoms with Crippen molar-refractivity contribution >= 4 is 33.4 Å². The van der Waals surface area contributed by atoms with Crippen molar-refractivity contribution in [1.82, 2.24) is 19.4 Å². The Kier molecular flexibility index (Phi) is 3.37. The van der Waals surface area contributed by atoms with Crippen LogP contribution in [-0.2, 0) is 26.7 Å². The van der Waals surface area contributed by atoms with Gasteiger partial charge in [-0.25, -0.2) is 8.42 Å². The van der Waals surface area contributed by atoms with E-state index in [4.69, 9.17) is 11.6 Å². The van der Waals surface area contributed by atoms with Gasteiger partial charge in [0.05, 0.1) is 17.8 Å². The number of carbonyl (C=O) groups excluding carboxylic acids is 2. The van der Waals surface area contributed by atoms with Gasteiger partial charge >= 0.3 is 0 Å². The lowest BCUT2D eigenvalue weighted by Gasteiger charge is -2.30. The summed E-state index contributed by atoms with van der Waals surface area (Å²) in [4.78, 5) is 22.8. The Hall–Kier alpha value is -1.45. The molecule has 0 saturated carbocycles. The van der Waals surface area contributed by atoms with Crippen molar-refractivity contribution in [3.63, 3.8) is 0 Å². The smallest absolute Gasteiger partial charge is 0.262 e. The zero-order valence-corrected chi connectivity index (χ0v) is 11.7. The number of hydrogen-bond acceptors (Lipinski definition) is 5. The molecule has 10 heteroatoms. The fraction of sp³-hybridized carbons (Fsp3) is 0.444. The summed E-state index contributed by atoms with van der Waals surface area (Å²) in [5.74, 6) is -1.34. The fourth-order valence-electron chi connectivity index (χ4n) is 1.78. The Morgan fingerprint density at radius 1 is 1.47 bits per heavy atom. The van der Waals surface area contributed by atoms with E-state index in [2.05, 4.69) is 10.4 Å². The van der Waals surface area contributed by atoms with Crippen molar-refractivity contribution < 1.29 is 18.0 Å². The summed E-state index contributed by atoms with van der Waals surface area (Å²) < 4.78 is 26.8. The Balaban J connectivity index is 2.50. The lowest BCUT2D eigenvalue weighted by atomic mass is 10.2. The predicted octanol–water partition coefficient (Wildman–Crippen LogP) is -0.891. The van der Waals surface area contributed by atoms with Gasteiger partial charge in [0, 0.05) is 7.05 Å². The van der Waals surface area contributed by atoms with Crippen molar-refractivity contribution in [2.75, 3.05) is 6.54 Å². The minimum Gasteiger partial charge on any atom is -0.294 e. The monoisotopic (exact) mass is 306 g/mol. The average Bonchev–Trinajstić information content (AvgIpc) is 2.63. The van der Waals surface area contributed by atoms with Gasteiger partial charge in [-0.2, -0.15) is 9.40 Å². The molecule has 0 spiro atoms. The second-order valence-electron chi connectivity index (χ2n) is 4.06. The molecule has 2 heterocycles. The van der Waals surface area contributed by atoms with Crippen molar-refractivity contribution in [3.8, 4) is 0 Å². The molecule has 0 aliphatic carbocycles. The molecule has 1 aliphatic rings. The molecule has 1 aromatic rings. The van der Waals surface area contributed by atoms with E-state index in [0.29, 0.717) is 0 Å². The Morgan fingerprint density at radius 2 is 2.11 bits per heavy atom.